The molecule has 0 unspecified atom stereocenters. The van der Waals surface area contributed by atoms with E-state index < -0.39 is 11.7 Å². The number of amides is 1. The maximum atomic E-state index is 12.5. The first-order valence-electron chi connectivity index (χ1n) is 8.47. The van der Waals surface area contributed by atoms with Gasteiger partial charge in [-0.15, -0.1) is 0 Å². The lowest BCUT2D eigenvalue weighted by Gasteiger charge is -2.10. The summed E-state index contributed by atoms with van der Waals surface area (Å²) in [7, 11) is 1.59. The molecule has 3 aromatic rings. The summed E-state index contributed by atoms with van der Waals surface area (Å²) in [6.07, 6.45) is 2.37. The molecule has 0 aliphatic rings. The Labute approximate surface area is 162 Å². The SMILES string of the molecule is COc1ccc(-n2cccc2C(=O)C(=O)NCCc2ccc(Cl)cc2)cc1. The molecule has 1 heterocycles. The van der Waals surface area contributed by atoms with E-state index in [1.165, 1.54) is 0 Å². The molecule has 0 atom stereocenters. The Morgan fingerprint density at radius 3 is 2.41 bits per heavy atom. The molecule has 0 radical (unpaired) electrons. The zero-order valence-electron chi connectivity index (χ0n) is 14.8. The first-order chi connectivity index (χ1) is 13.1. The van der Waals surface area contributed by atoms with Gasteiger partial charge in [0.1, 0.15) is 5.75 Å². The quantitative estimate of drug-likeness (QED) is 0.501. The van der Waals surface area contributed by atoms with Crippen LogP contribution < -0.4 is 10.1 Å². The molecule has 0 fully saturated rings. The summed E-state index contributed by atoms with van der Waals surface area (Å²) in [4.78, 5) is 24.8. The van der Waals surface area contributed by atoms with Gasteiger partial charge in [-0.3, -0.25) is 9.59 Å². The third kappa shape index (κ3) is 4.57. The van der Waals surface area contributed by atoms with Crippen molar-refractivity contribution in [3.8, 4) is 11.4 Å². The molecule has 0 saturated heterocycles. The van der Waals surface area contributed by atoms with Crippen molar-refractivity contribution in [1.29, 1.82) is 0 Å². The first kappa shape index (κ1) is 18.7. The summed E-state index contributed by atoms with van der Waals surface area (Å²) in [5, 5.41) is 3.34. The van der Waals surface area contributed by atoms with Crippen molar-refractivity contribution in [3.63, 3.8) is 0 Å². The normalized spacial score (nSPS) is 10.4. The van der Waals surface area contributed by atoms with Crippen LogP contribution >= 0.6 is 11.6 Å². The highest BCUT2D eigenvalue weighted by Gasteiger charge is 2.19. The van der Waals surface area contributed by atoms with E-state index in [0.29, 0.717) is 23.7 Å². The van der Waals surface area contributed by atoms with Crippen LogP contribution in [0.3, 0.4) is 0 Å². The van der Waals surface area contributed by atoms with E-state index in [2.05, 4.69) is 5.32 Å². The Bertz CT molecular complexity index is 931. The largest absolute Gasteiger partial charge is 0.497 e. The van der Waals surface area contributed by atoms with E-state index in [0.717, 1.165) is 17.0 Å². The zero-order chi connectivity index (χ0) is 19.2. The fourth-order valence-corrected chi connectivity index (χ4v) is 2.83. The van der Waals surface area contributed by atoms with Crippen molar-refractivity contribution in [1.82, 2.24) is 9.88 Å². The van der Waals surface area contributed by atoms with Crippen LogP contribution in [0.25, 0.3) is 5.69 Å². The highest BCUT2D eigenvalue weighted by molar-refractivity contribution is 6.42. The second-order valence-electron chi connectivity index (χ2n) is 5.92. The number of rotatable bonds is 7. The summed E-state index contributed by atoms with van der Waals surface area (Å²) < 4.78 is 6.82. The van der Waals surface area contributed by atoms with Crippen LogP contribution in [0.5, 0.6) is 5.75 Å². The number of methoxy groups -OCH3 is 1. The van der Waals surface area contributed by atoms with Crippen LogP contribution in [-0.2, 0) is 11.2 Å². The van der Waals surface area contributed by atoms with Gasteiger partial charge in [0.15, 0.2) is 0 Å². The van der Waals surface area contributed by atoms with Crippen LogP contribution in [0.4, 0.5) is 0 Å². The van der Waals surface area contributed by atoms with Gasteiger partial charge in [0, 0.05) is 23.5 Å². The van der Waals surface area contributed by atoms with Gasteiger partial charge in [-0.05, 0) is 60.5 Å². The molecule has 1 amide bonds. The topological polar surface area (TPSA) is 60.3 Å². The zero-order valence-corrected chi connectivity index (χ0v) is 15.6. The van der Waals surface area contributed by atoms with Crippen LogP contribution in [0.15, 0.2) is 66.9 Å². The number of Topliss-reactive ketones (excluding diaryl/α,β-unsaturated/α-hetero) is 1. The van der Waals surface area contributed by atoms with E-state index in [1.54, 1.807) is 54.3 Å². The minimum absolute atomic E-state index is 0.309. The Morgan fingerprint density at radius 1 is 1.04 bits per heavy atom. The summed E-state index contributed by atoms with van der Waals surface area (Å²) in [6, 6.07) is 18.0. The number of hydrogen-bond donors (Lipinski definition) is 1. The second-order valence-corrected chi connectivity index (χ2v) is 6.36. The Hall–Kier alpha value is -3.05. The fourth-order valence-electron chi connectivity index (χ4n) is 2.70. The molecule has 1 aromatic heterocycles. The predicted octanol–water partition coefficient (Wildman–Crippen LogP) is 3.68. The van der Waals surface area contributed by atoms with Crippen molar-refractivity contribution < 1.29 is 14.3 Å². The molecule has 138 valence electrons. The van der Waals surface area contributed by atoms with Crippen LogP contribution in [0.2, 0.25) is 5.02 Å². The van der Waals surface area contributed by atoms with Gasteiger partial charge in [-0.1, -0.05) is 23.7 Å². The monoisotopic (exact) mass is 382 g/mol. The number of carbonyl (C=O) groups is 2. The molecule has 3 rings (SSSR count). The smallest absolute Gasteiger partial charge is 0.294 e. The summed E-state index contributed by atoms with van der Waals surface area (Å²) in [5.41, 5.74) is 2.12. The highest BCUT2D eigenvalue weighted by atomic mass is 35.5. The van der Waals surface area contributed by atoms with Gasteiger partial charge in [-0.2, -0.15) is 0 Å². The maximum absolute atomic E-state index is 12.5. The summed E-state index contributed by atoms with van der Waals surface area (Å²) in [6.45, 7) is 0.370. The molecule has 0 saturated carbocycles. The Kier molecular flexibility index (Phi) is 5.94. The average molecular weight is 383 g/mol. The number of ketones is 1. The summed E-state index contributed by atoms with van der Waals surface area (Å²) in [5.74, 6) is -0.483. The van der Waals surface area contributed by atoms with Gasteiger partial charge in [0.05, 0.1) is 12.8 Å². The summed E-state index contributed by atoms with van der Waals surface area (Å²) >= 11 is 5.85. The first-order valence-corrected chi connectivity index (χ1v) is 8.85. The average Bonchev–Trinajstić information content (AvgIpc) is 3.18. The van der Waals surface area contributed by atoms with E-state index in [4.69, 9.17) is 16.3 Å². The molecule has 0 aliphatic heterocycles. The van der Waals surface area contributed by atoms with E-state index in [1.807, 2.05) is 24.3 Å². The third-order valence-corrected chi connectivity index (χ3v) is 4.40. The Balaban J connectivity index is 1.64. The van der Waals surface area contributed by atoms with Crippen LogP contribution in [0, 0.1) is 0 Å². The minimum atomic E-state index is -0.627. The van der Waals surface area contributed by atoms with Gasteiger partial charge in [0.25, 0.3) is 11.7 Å². The standard InChI is InChI=1S/C21H19ClN2O3/c1-27-18-10-8-17(9-11-18)24-14-2-3-19(24)20(25)21(26)23-13-12-15-4-6-16(22)7-5-15/h2-11,14H,12-13H2,1H3,(H,23,26). The number of carbonyl (C=O) groups excluding carboxylic acids is 2. The molecule has 5 nitrogen and oxygen atoms in total. The minimum Gasteiger partial charge on any atom is -0.497 e. The second kappa shape index (κ2) is 8.56. The number of halogens is 1. The number of benzene rings is 2. The lowest BCUT2D eigenvalue weighted by molar-refractivity contribution is -0.117. The number of aromatic nitrogens is 1. The molecule has 1 N–H and O–H groups in total. The van der Waals surface area contributed by atoms with E-state index >= 15 is 0 Å². The molecule has 2 aromatic carbocycles. The lowest BCUT2D eigenvalue weighted by atomic mass is 10.1. The van der Waals surface area contributed by atoms with Crippen molar-refractivity contribution in [2.24, 2.45) is 0 Å². The van der Waals surface area contributed by atoms with Gasteiger partial charge in [-0.25, -0.2) is 0 Å². The predicted molar refractivity (Wildman–Crippen MR) is 105 cm³/mol. The molecular weight excluding hydrogens is 364 g/mol. The van der Waals surface area contributed by atoms with Gasteiger partial charge < -0.3 is 14.6 Å². The number of nitrogens with one attached hydrogen (secondary N) is 1. The molecular formula is C21H19ClN2O3. The van der Waals surface area contributed by atoms with Crippen LogP contribution in [0.1, 0.15) is 16.1 Å². The third-order valence-electron chi connectivity index (χ3n) is 4.15. The van der Waals surface area contributed by atoms with Gasteiger partial charge in [0.2, 0.25) is 0 Å². The van der Waals surface area contributed by atoms with E-state index in [-0.39, 0.29) is 0 Å². The fraction of sp³-hybridized carbons (Fsp3) is 0.143. The molecule has 27 heavy (non-hydrogen) atoms. The molecule has 6 heteroatoms. The number of ether oxygens (including phenoxy) is 1. The maximum Gasteiger partial charge on any atom is 0.294 e. The van der Waals surface area contributed by atoms with Crippen molar-refractivity contribution in [2.75, 3.05) is 13.7 Å². The van der Waals surface area contributed by atoms with Crippen molar-refractivity contribution in [2.45, 2.75) is 6.42 Å². The molecule has 0 aliphatic carbocycles. The molecule has 0 spiro atoms. The van der Waals surface area contributed by atoms with Crippen LogP contribution in [-0.4, -0.2) is 29.9 Å². The molecule has 0 bridgehead atoms. The number of nitrogens with zero attached hydrogens (tertiary/aromatic N) is 1. The number of hydrogen-bond acceptors (Lipinski definition) is 3. The lowest BCUT2D eigenvalue weighted by Crippen LogP contribution is -2.33. The van der Waals surface area contributed by atoms with Crippen molar-refractivity contribution >= 4 is 23.3 Å². The van der Waals surface area contributed by atoms with Crippen molar-refractivity contribution in [3.05, 3.63) is 83.1 Å². The van der Waals surface area contributed by atoms with Gasteiger partial charge >= 0.3 is 0 Å². The Morgan fingerprint density at radius 2 is 1.74 bits per heavy atom. The van der Waals surface area contributed by atoms with E-state index in [9.17, 15) is 9.59 Å². The highest BCUT2D eigenvalue weighted by Crippen LogP contribution is 2.17.